The average molecular weight is 236 g/mol. The van der Waals surface area contributed by atoms with Crippen molar-refractivity contribution >= 4 is 11.4 Å². The molecular formula is C14H24N2O. The highest BCUT2D eigenvalue weighted by molar-refractivity contribution is 5.59. The van der Waals surface area contributed by atoms with Gasteiger partial charge in [0.1, 0.15) is 5.75 Å². The molecule has 1 unspecified atom stereocenters. The Balaban J connectivity index is 2.66. The molecule has 0 aliphatic heterocycles. The first kappa shape index (κ1) is 13.7. The first-order chi connectivity index (χ1) is 7.82. The number of rotatable bonds is 4. The summed E-state index contributed by atoms with van der Waals surface area (Å²) in [6.07, 6.45) is 0. The third-order valence-corrected chi connectivity index (χ3v) is 3.26. The smallest absolute Gasteiger partial charge is 0.122 e. The molecule has 0 aliphatic rings. The van der Waals surface area contributed by atoms with Gasteiger partial charge in [0.05, 0.1) is 7.11 Å². The number of nitrogens with two attached hydrogens (primary N) is 1. The maximum atomic E-state index is 5.81. The second kappa shape index (κ2) is 5.30. The minimum absolute atomic E-state index is 0.303. The predicted octanol–water partition coefficient (Wildman–Crippen LogP) is 3.37. The van der Waals surface area contributed by atoms with Crippen LogP contribution in [0.15, 0.2) is 18.2 Å². The normalized spacial score (nSPS) is 13.2. The van der Waals surface area contributed by atoms with Gasteiger partial charge < -0.3 is 15.8 Å². The summed E-state index contributed by atoms with van der Waals surface area (Å²) in [5.74, 6) is 1.37. The highest BCUT2D eigenvalue weighted by Crippen LogP contribution is 2.27. The Morgan fingerprint density at radius 2 is 1.94 bits per heavy atom. The standard InChI is InChI=1S/C14H24N2O/c1-10(14(2,3)4)9-16-12-6-11(15)7-13(8-12)17-5/h6-8,10,16H,9,15H2,1-5H3. The summed E-state index contributed by atoms with van der Waals surface area (Å²) in [6, 6.07) is 5.71. The molecule has 1 aromatic carbocycles. The van der Waals surface area contributed by atoms with Gasteiger partial charge in [0.25, 0.3) is 0 Å². The van der Waals surface area contributed by atoms with Crippen molar-refractivity contribution in [3.63, 3.8) is 0 Å². The number of methoxy groups -OCH3 is 1. The maximum Gasteiger partial charge on any atom is 0.122 e. The Labute approximate surface area is 104 Å². The third kappa shape index (κ3) is 4.17. The molecule has 0 saturated carbocycles. The lowest BCUT2D eigenvalue weighted by Gasteiger charge is -2.27. The topological polar surface area (TPSA) is 47.3 Å². The van der Waals surface area contributed by atoms with E-state index in [4.69, 9.17) is 10.5 Å². The Bertz CT molecular complexity index is 369. The highest BCUT2D eigenvalue weighted by atomic mass is 16.5. The lowest BCUT2D eigenvalue weighted by atomic mass is 9.82. The lowest BCUT2D eigenvalue weighted by Crippen LogP contribution is -2.24. The molecule has 0 saturated heterocycles. The van der Waals surface area contributed by atoms with E-state index in [9.17, 15) is 0 Å². The van der Waals surface area contributed by atoms with E-state index in [-0.39, 0.29) is 0 Å². The number of ether oxygens (including phenoxy) is 1. The van der Waals surface area contributed by atoms with Crippen LogP contribution in [0.4, 0.5) is 11.4 Å². The minimum atomic E-state index is 0.303. The highest BCUT2D eigenvalue weighted by Gasteiger charge is 2.19. The Hall–Kier alpha value is -1.38. The predicted molar refractivity (Wildman–Crippen MR) is 74.5 cm³/mol. The molecule has 0 aliphatic carbocycles. The summed E-state index contributed by atoms with van der Waals surface area (Å²) in [5.41, 5.74) is 7.84. The number of benzene rings is 1. The molecule has 3 nitrogen and oxygen atoms in total. The van der Waals surface area contributed by atoms with E-state index in [1.807, 2.05) is 18.2 Å². The molecule has 0 amide bonds. The Morgan fingerprint density at radius 1 is 1.29 bits per heavy atom. The molecule has 0 fully saturated rings. The van der Waals surface area contributed by atoms with Crippen LogP contribution in [-0.2, 0) is 0 Å². The van der Waals surface area contributed by atoms with Crippen LogP contribution in [0.1, 0.15) is 27.7 Å². The van der Waals surface area contributed by atoms with Crippen LogP contribution in [0.5, 0.6) is 5.75 Å². The molecule has 0 radical (unpaired) electrons. The van der Waals surface area contributed by atoms with Gasteiger partial charge in [-0.25, -0.2) is 0 Å². The van der Waals surface area contributed by atoms with Crippen LogP contribution in [0, 0.1) is 11.3 Å². The Morgan fingerprint density at radius 3 is 2.47 bits per heavy atom. The first-order valence-corrected chi connectivity index (χ1v) is 6.01. The summed E-state index contributed by atoms with van der Waals surface area (Å²) in [7, 11) is 1.65. The van der Waals surface area contributed by atoms with Crippen molar-refractivity contribution in [2.24, 2.45) is 11.3 Å². The van der Waals surface area contributed by atoms with E-state index in [1.165, 1.54) is 0 Å². The molecule has 0 heterocycles. The van der Waals surface area contributed by atoms with Crippen LogP contribution in [0.25, 0.3) is 0 Å². The lowest BCUT2D eigenvalue weighted by molar-refractivity contribution is 0.274. The van der Waals surface area contributed by atoms with Crippen molar-refractivity contribution in [1.82, 2.24) is 0 Å². The van der Waals surface area contributed by atoms with Gasteiger partial charge >= 0.3 is 0 Å². The average Bonchev–Trinajstić information content (AvgIpc) is 2.23. The summed E-state index contributed by atoms with van der Waals surface area (Å²) in [6.45, 7) is 9.92. The molecular weight excluding hydrogens is 212 g/mol. The summed E-state index contributed by atoms with van der Waals surface area (Å²) in [5, 5.41) is 3.41. The van der Waals surface area contributed by atoms with E-state index in [1.54, 1.807) is 7.11 Å². The summed E-state index contributed by atoms with van der Waals surface area (Å²) < 4.78 is 5.19. The van der Waals surface area contributed by atoms with E-state index in [2.05, 4.69) is 33.0 Å². The van der Waals surface area contributed by atoms with Gasteiger partial charge in [-0.05, 0) is 17.4 Å². The molecule has 1 rings (SSSR count). The number of hydrogen-bond acceptors (Lipinski definition) is 3. The fourth-order valence-electron chi connectivity index (χ4n) is 1.42. The molecule has 0 spiro atoms. The van der Waals surface area contributed by atoms with Crippen molar-refractivity contribution in [2.45, 2.75) is 27.7 Å². The zero-order chi connectivity index (χ0) is 13.1. The molecule has 3 N–H and O–H groups in total. The third-order valence-electron chi connectivity index (χ3n) is 3.26. The van der Waals surface area contributed by atoms with Gasteiger partial charge in [0, 0.05) is 30.1 Å². The van der Waals surface area contributed by atoms with Crippen molar-refractivity contribution in [3.8, 4) is 5.75 Å². The SMILES string of the molecule is COc1cc(N)cc(NCC(C)C(C)(C)C)c1. The van der Waals surface area contributed by atoms with Crippen LogP contribution in [-0.4, -0.2) is 13.7 Å². The van der Waals surface area contributed by atoms with Gasteiger partial charge in [-0.2, -0.15) is 0 Å². The minimum Gasteiger partial charge on any atom is -0.497 e. The zero-order valence-electron chi connectivity index (χ0n) is 11.5. The Kier molecular flexibility index (Phi) is 4.27. The van der Waals surface area contributed by atoms with Crippen LogP contribution < -0.4 is 15.8 Å². The second-order valence-corrected chi connectivity index (χ2v) is 5.64. The van der Waals surface area contributed by atoms with E-state index in [0.717, 1.165) is 23.7 Å². The number of nitrogens with one attached hydrogen (secondary N) is 1. The first-order valence-electron chi connectivity index (χ1n) is 6.01. The monoisotopic (exact) mass is 236 g/mol. The van der Waals surface area contributed by atoms with E-state index in [0.29, 0.717) is 11.3 Å². The quantitative estimate of drug-likeness (QED) is 0.788. The fraction of sp³-hybridized carbons (Fsp3) is 0.571. The second-order valence-electron chi connectivity index (χ2n) is 5.64. The number of hydrogen-bond donors (Lipinski definition) is 2. The maximum absolute atomic E-state index is 5.81. The molecule has 3 heteroatoms. The molecule has 96 valence electrons. The largest absolute Gasteiger partial charge is 0.497 e. The van der Waals surface area contributed by atoms with Gasteiger partial charge in [-0.1, -0.05) is 27.7 Å². The number of anilines is 2. The molecule has 17 heavy (non-hydrogen) atoms. The van der Waals surface area contributed by atoms with Gasteiger partial charge in [0.15, 0.2) is 0 Å². The van der Waals surface area contributed by atoms with Crippen LogP contribution in [0.3, 0.4) is 0 Å². The fourth-order valence-corrected chi connectivity index (χ4v) is 1.42. The molecule has 0 aromatic heterocycles. The zero-order valence-corrected chi connectivity index (χ0v) is 11.5. The summed E-state index contributed by atoms with van der Waals surface area (Å²) >= 11 is 0. The van der Waals surface area contributed by atoms with Crippen molar-refractivity contribution in [2.75, 3.05) is 24.7 Å². The van der Waals surface area contributed by atoms with Gasteiger partial charge in [-0.3, -0.25) is 0 Å². The van der Waals surface area contributed by atoms with Gasteiger partial charge in [0.2, 0.25) is 0 Å². The van der Waals surface area contributed by atoms with Crippen LogP contribution >= 0.6 is 0 Å². The van der Waals surface area contributed by atoms with E-state index >= 15 is 0 Å². The number of nitrogen functional groups attached to an aromatic ring is 1. The summed E-state index contributed by atoms with van der Waals surface area (Å²) in [4.78, 5) is 0. The molecule has 1 aromatic rings. The molecule has 1 atom stereocenters. The van der Waals surface area contributed by atoms with Crippen LogP contribution in [0.2, 0.25) is 0 Å². The van der Waals surface area contributed by atoms with Crippen molar-refractivity contribution in [1.29, 1.82) is 0 Å². The van der Waals surface area contributed by atoms with E-state index < -0.39 is 0 Å². The van der Waals surface area contributed by atoms with Gasteiger partial charge in [-0.15, -0.1) is 0 Å². The van der Waals surface area contributed by atoms with Crippen molar-refractivity contribution < 1.29 is 4.74 Å². The molecule has 0 bridgehead atoms. The van der Waals surface area contributed by atoms with Crippen molar-refractivity contribution in [3.05, 3.63) is 18.2 Å².